The topological polar surface area (TPSA) is 73.1 Å². The second-order valence-electron chi connectivity index (χ2n) is 4.65. The number of nitrogens with one attached hydrogen (secondary N) is 1. The van der Waals surface area contributed by atoms with Gasteiger partial charge in [-0.25, -0.2) is 0 Å². The monoisotopic (exact) mass is 262 g/mol. The van der Waals surface area contributed by atoms with Crippen LogP contribution >= 0.6 is 0 Å². The molecular weight excluding hydrogens is 244 g/mol. The highest BCUT2D eigenvalue weighted by atomic mass is 16.5. The first-order chi connectivity index (χ1) is 9.24. The van der Waals surface area contributed by atoms with E-state index in [-0.39, 0.29) is 6.61 Å². The molecule has 0 unspecified atom stereocenters. The van der Waals surface area contributed by atoms with Crippen molar-refractivity contribution in [1.29, 1.82) is 0 Å². The zero-order chi connectivity index (χ0) is 13.5. The molecule has 6 nitrogen and oxygen atoms in total. The lowest BCUT2D eigenvalue weighted by molar-refractivity contribution is 0.285. The molecule has 2 heterocycles. The van der Waals surface area contributed by atoms with Gasteiger partial charge in [0.25, 0.3) is 0 Å². The number of hydrogen-bond acceptors (Lipinski definition) is 6. The summed E-state index contributed by atoms with van der Waals surface area (Å²) in [7, 11) is 0. The minimum atomic E-state index is 0.281. The van der Waals surface area contributed by atoms with Gasteiger partial charge in [0, 0.05) is 6.54 Å². The van der Waals surface area contributed by atoms with E-state index in [0.717, 1.165) is 18.8 Å². The van der Waals surface area contributed by atoms with E-state index < -0.39 is 0 Å². The van der Waals surface area contributed by atoms with Crippen LogP contribution in [0.15, 0.2) is 29.2 Å². The average molecular weight is 262 g/mol. The van der Waals surface area contributed by atoms with Gasteiger partial charge in [0.2, 0.25) is 12.2 Å². The van der Waals surface area contributed by atoms with Crippen molar-refractivity contribution in [3.8, 4) is 5.75 Å². The van der Waals surface area contributed by atoms with E-state index in [1.165, 1.54) is 6.39 Å². The molecule has 2 aromatic rings. The Morgan fingerprint density at radius 3 is 2.84 bits per heavy atom. The summed E-state index contributed by atoms with van der Waals surface area (Å²) in [5.74, 6) is 1.85. The Bertz CT molecular complexity index is 468. The Balaban J connectivity index is 1.77. The standard InChI is InChI=1S/C13H18N4O2/c1-10(2)5-14-6-11-3-4-12(7-15-11)18-8-13-16-9-19-17-13/h3-4,7,9-10,14H,5-6,8H2,1-2H3. The highest BCUT2D eigenvalue weighted by molar-refractivity contribution is 5.19. The van der Waals surface area contributed by atoms with Crippen molar-refractivity contribution in [2.45, 2.75) is 27.0 Å². The number of rotatable bonds is 7. The van der Waals surface area contributed by atoms with Crippen molar-refractivity contribution in [3.05, 3.63) is 36.2 Å². The molecule has 0 fully saturated rings. The van der Waals surface area contributed by atoms with Crippen LogP contribution in [-0.4, -0.2) is 21.7 Å². The first kappa shape index (κ1) is 13.5. The van der Waals surface area contributed by atoms with E-state index in [9.17, 15) is 0 Å². The molecule has 0 bridgehead atoms. The molecule has 0 aromatic carbocycles. The predicted molar refractivity (Wildman–Crippen MR) is 69.4 cm³/mol. The van der Waals surface area contributed by atoms with Gasteiger partial charge in [-0.3, -0.25) is 4.98 Å². The maximum Gasteiger partial charge on any atom is 0.213 e. The van der Waals surface area contributed by atoms with Crippen LogP contribution in [0, 0.1) is 5.92 Å². The molecule has 2 aromatic heterocycles. The van der Waals surface area contributed by atoms with Crippen molar-refractivity contribution < 1.29 is 9.26 Å². The van der Waals surface area contributed by atoms with Crippen molar-refractivity contribution in [2.24, 2.45) is 5.92 Å². The largest absolute Gasteiger partial charge is 0.484 e. The fraction of sp³-hybridized carbons (Fsp3) is 0.462. The highest BCUT2D eigenvalue weighted by Gasteiger charge is 2.01. The first-order valence-electron chi connectivity index (χ1n) is 6.27. The van der Waals surface area contributed by atoms with Gasteiger partial charge in [0.05, 0.1) is 11.9 Å². The van der Waals surface area contributed by atoms with E-state index >= 15 is 0 Å². The molecule has 0 saturated carbocycles. The number of pyridine rings is 1. The minimum absolute atomic E-state index is 0.281. The van der Waals surface area contributed by atoms with Crippen molar-refractivity contribution in [2.75, 3.05) is 6.54 Å². The predicted octanol–water partition coefficient (Wildman–Crippen LogP) is 1.79. The minimum Gasteiger partial charge on any atom is -0.484 e. The van der Waals surface area contributed by atoms with Gasteiger partial charge < -0.3 is 14.6 Å². The molecule has 0 amide bonds. The fourth-order valence-corrected chi connectivity index (χ4v) is 1.49. The summed E-state index contributed by atoms with van der Waals surface area (Å²) >= 11 is 0. The molecule has 19 heavy (non-hydrogen) atoms. The zero-order valence-corrected chi connectivity index (χ0v) is 11.2. The Labute approximate surface area is 112 Å². The van der Waals surface area contributed by atoms with E-state index in [0.29, 0.717) is 17.5 Å². The molecular formula is C13H18N4O2. The Kier molecular flexibility index (Phi) is 4.85. The third kappa shape index (κ3) is 4.67. The Morgan fingerprint density at radius 1 is 1.32 bits per heavy atom. The number of aromatic nitrogens is 3. The van der Waals surface area contributed by atoms with Gasteiger partial charge in [0.15, 0.2) is 6.61 Å². The summed E-state index contributed by atoms with van der Waals surface area (Å²) in [6.07, 6.45) is 2.98. The van der Waals surface area contributed by atoms with Gasteiger partial charge in [-0.15, -0.1) is 0 Å². The lowest BCUT2D eigenvalue weighted by atomic mass is 10.2. The fourth-order valence-electron chi connectivity index (χ4n) is 1.49. The molecule has 102 valence electrons. The third-order valence-corrected chi connectivity index (χ3v) is 2.43. The number of ether oxygens (including phenoxy) is 1. The summed E-state index contributed by atoms with van der Waals surface area (Å²) in [5, 5.41) is 7.00. The summed E-state index contributed by atoms with van der Waals surface area (Å²) in [6, 6.07) is 3.83. The molecule has 0 spiro atoms. The van der Waals surface area contributed by atoms with E-state index in [1.54, 1.807) is 6.20 Å². The summed E-state index contributed by atoms with van der Waals surface area (Å²) in [5.41, 5.74) is 0.993. The van der Waals surface area contributed by atoms with Gasteiger partial charge in [0.1, 0.15) is 5.75 Å². The van der Waals surface area contributed by atoms with Crippen LogP contribution in [0.4, 0.5) is 0 Å². The first-order valence-corrected chi connectivity index (χ1v) is 6.27. The van der Waals surface area contributed by atoms with Crippen molar-refractivity contribution in [3.63, 3.8) is 0 Å². The van der Waals surface area contributed by atoms with E-state index in [2.05, 4.69) is 38.8 Å². The molecule has 2 rings (SSSR count). The summed E-state index contributed by atoms with van der Waals surface area (Å²) in [6.45, 7) is 6.38. The van der Waals surface area contributed by atoms with Gasteiger partial charge in [-0.05, 0) is 24.6 Å². The Morgan fingerprint density at radius 2 is 2.21 bits per heavy atom. The summed E-state index contributed by atoms with van der Waals surface area (Å²) in [4.78, 5) is 8.20. The molecule has 0 aliphatic heterocycles. The third-order valence-electron chi connectivity index (χ3n) is 2.43. The molecule has 0 saturated heterocycles. The smallest absolute Gasteiger partial charge is 0.213 e. The normalized spacial score (nSPS) is 10.9. The van der Waals surface area contributed by atoms with Gasteiger partial charge in [-0.2, -0.15) is 4.98 Å². The van der Waals surface area contributed by atoms with Crippen LogP contribution in [0.5, 0.6) is 5.75 Å². The molecule has 6 heteroatoms. The van der Waals surface area contributed by atoms with Gasteiger partial charge >= 0.3 is 0 Å². The van der Waals surface area contributed by atoms with Crippen molar-refractivity contribution in [1.82, 2.24) is 20.4 Å². The maximum atomic E-state index is 5.48. The van der Waals surface area contributed by atoms with E-state index in [1.807, 2.05) is 12.1 Å². The van der Waals surface area contributed by atoms with Crippen LogP contribution in [0.1, 0.15) is 25.4 Å². The molecule has 0 atom stereocenters. The highest BCUT2D eigenvalue weighted by Crippen LogP contribution is 2.10. The molecule has 1 N–H and O–H groups in total. The molecule has 0 radical (unpaired) electrons. The van der Waals surface area contributed by atoms with Crippen LogP contribution in [0.2, 0.25) is 0 Å². The second kappa shape index (κ2) is 6.84. The lowest BCUT2D eigenvalue weighted by Gasteiger charge is -2.07. The molecule has 0 aliphatic rings. The van der Waals surface area contributed by atoms with Crippen molar-refractivity contribution >= 4 is 0 Å². The maximum absolute atomic E-state index is 5.48. The van der Waals surface area contributed by atoms with E-state index in [4.69, 9.17) is 4.74 Å². The Hall–Kier alpha value is -1.95. The SMILES string of the molecule is CC(C)CNCc1ccc(OCc2ncon2)cn1. The quantitative estimate of drug-likeness (QED) is 0.820. The van der Waals surface area contributed by atoms with Gasteiger partial charge in [-0.1, -0.05) is 19.0 Å². The van der Waals surface area contributed by atoms with Crippen LogP contribution in [0.3, 0.4) is 0 Å². The number of hydrogen-bond donors (Lipinski definition) is 1. The summed E-state index contributed by atoms with van der Waals surface area (Å²) < 4.78 is 10.1. The molecule has 0 aliphatic carbocycles. The zero-order valence-electron chi connectivity index (χ0n) is 11.2. The average Bonchev–Trinajstić information content (AvgIpc) is 2.90. The lowest BCUT2D eigenvalue weighted by Crippen LogP contribution is -2.19. The van der Waals surface area contributed by atoms with Crippen LogP contribution in [-0.2, 0) is 13.2 Å². The van der Waals surface area contributed by atoms with Crippen LogP contribution < -0.4 is 10.1 Å². The second-order valence-corrected chi connectivity index (χ2v) is 4.65. The van der Waals surface area contributed by atoms with Crippen LogP contribution in [0.25, 0.3) is 0 Å². The number of nitrogens with zero attached hydrogens (tertiary/aromatic N) is 3.